The lowest BCUT2D eigenvalue weighted by Crippen LogP contribution is -2.22. The zero-order valence-corrected chi connectivity index (χ0v) is 9.32. The van der Waals surface area contributed by atoms with Crippen LogP contribution in [0, 0.1) is 11.8 Å². The van der Waals surface area contributed by atoms with Crippen LogP contribution in [0.3, 0.4) is 0 Å². The molecule has 0 radical (unpaired) electrons. The van der Waals surface area contributed by atoms with Crippen molar-refractivity contribution in [2.24, 2.45) is 0 Å². The lowest BCUT2D eigenvalue weighted by molar-refractivity contribution is 0.306. The molecular formula is C10H13ClN2O2. The molecule has 82 valence electrons. The number of rotatable bonds is 2. The van der Waals surface area contributed by atoms with Crippen molar-refractivity contribution in [3.05, 3.63) is 11.3 Å². The van der Waals surface area contributed by atoms with Crippen LogP contribution in [0.2, 0.25) is 0 Å². The molecule has 0 fully saturated rings. The summed E-state index contributed by atoms with van der Waals surface area (Å²) in [5.74, 6) is 7.09. The van der Waals surface area contributed by atoms with E-state index in [9.17, 15) is 0 Å². The Balaban J connectivity index is 0.00000112. The fraction of sp³-hybridized carbons (Fsp3) is 0.500. The lowest BCUT2D eigenvalue weighted by Gasteiger charge is -2.10. The van der Waals surface area contributed by atoms with Crippen LogP contribution in [-0.2, 0) is 13.0 Å². The van der Waals surface area contributed by atoms with Gasteiger partial charge in [0.05, 0.1) is 5.56 Å². The molecule has 0 saturated heterocycles. The molecule has 1 aliphatic rings. The fourth-order valence-corrected chi connectivity index (χ4v) is 1.40. The second kappa shape index (κ2) is 5.64. The van der Waals surface area contributed by atoms with Crippen molar-refractivity contribution in [2.75, 3.05) is 13.2 Å². The van der Waals surface area contributed by atoms with Crippen LogP contribution < -0.4 is 10.1 Å². The second-order valence-corrected chi connectivity index (χ2v) is 3.03. The highest BCUT2D eigenvalue weighted by Crippen LogP contribution is 2.23. The number of hydrogen-bond acceptors (Lipinski definition) is 4. The molecule has 0 unspecified atom stereocenters. The van der Waals surface area contributed by atoms with Gasteiger partial charge in [-0.05, 0) is 12.1 Å². The molecule has 2 heterocycles. The molecule has 5 heteroatoms. The van der Waals surface area contributed by atoms with Crippen LogP contribution in [0.1, 0.15) is 18.2 Å². The zero-order chi connectivity index (χ0) is 9.80. The van der Waals surface area contributed by atoms with E-state index in [0.717, 1.165) is 30.8 Å². The third-order valence-corrected chi connectivity index (χ3v) is 2.12. The quantitative estimate of drug-likeness (QED) is 0.772. The highest BCUT2D eigenvalue weighted by Gasteiger charge is 2.19. The molecule has 0 amide bonds. The molecule has 0 aliphatic carbocycles. The van der Waals surface area contributed by atoms with E-state index in [1.807, 2.05) is 0 Å². The van der Waals surface area contributed by atoms with Gasteiger partial charge in [-0.1, -0.05) is 5.92 Å². The van der Waals surface area contributed by atoms with Crippen LogP contribution >= 0.6 is 12.4 Å². The van der Waals surface area contributed by atoms with Gasteiger partial charge < -0.3 is 14.6 Å². The molecule has 0 aromatic carbocycles. The van der Waals surface area contributed by atoms with Crippen LogP contribution in [0.4, 0.5) is 0 Å². The van der Waals surface area contributed by atoms with Crippen molar-refractivity contribution in [2.45, 2.75) is 19.9 Å². The first-order chi connectivity index (χ1) is 6.92. The molecule has 0 atom stereocenters. The molecule has 2 rings (SSSR count). The van der Waals surface area contributed by atoms with Gasteiger partial charge in [0, 0.05) is 19.5 Å². The lowest BCUT2D eigenvalue weighted by atomic mass is 10.1. The van der Waals surface area contributed by atoms with E-state index in [0.29, 0.717) is 12.5 Å². The first-order valence-corrected chi connectivity index (χ1v) is 4.62. The minimum Gasteiger partial charge on any atom is -0.462 e. The Bertz CT molecular complexity index is 379. The summed E-state index contributed by atoms with van der Waals surface area (Å²) in [7, 11) is 0. The van der Waals surface area contributed by atoms with Crippen molar-refractivity contribution in [1.82, 2.24) is 10.5 Å². The molecule has 1 aromatic rings. The van der Waals surface area contributed by atoms with Crippen LogP contribution in [0.25, 0.3) is 0 Å². The summed E-state index contributed by atoms with van der Waals surface area (Å²) in [4.78, 5) is 0. The van der Waals surface area contributed by atoms with E-state index in [1.165, 1.54) is 0 Å². The first-order valence-electron chi connectivity index (χ1n) is 4.62. The van der Waals surface area contributed by atoms with Crippen molar-refractivity contribution in [3.63, 3.8) is 0 Å². The molecule has 0 spiro atoms. The monoisotopic (exact) mass is 228 g/mol. The molecule has 1 aliphatic heterocycles. The average Bonchev–Trinajstić information content (AvgIpc) is 2.63. The van der Waals surface area contributed by atoms with Gasteiger partial charge >= 0.3 is 0 Å². The average molecular weight is 229 g/mol. The van der Waals surface area contributed by atoms with Gasteiger partial charge in [-0.2, -0.15) is 0 Å². The van der Waals surface area contributed by atoms with E-state index in [2.05, 4.69) is 22.3 Å². The highest BCUT2D eigenvalue weighted by atomic mass is 35.5. The summed E-state index contributed by atoms with van der Waals surface area (Å²) < 4.78 is 10.5. The van der Waals surface area contributed by atoms with Crippen LogP contribution in [0.15, 0.2) is 4.52 Å². The van der Waals surface area contributed by atoms with E-state index in [4.69, 9.17) is 9.26 Å². The zero-order valence-electron chi connectivity index (χ0n) is 8.50. The number of ether oxygens (including phenoxy) is 1. The Morgan fingerprint density at radius 2 is 2.47 bits per heavy atom. The van der Waals surface area contributed by atoms with E-state index < -0.39 is 0 Å². The van der Waals surface area contributed by atoms with Gasteiger partial charge in [0.2, 0.25) is 0 Å². The van der Waals surface area contributed by atoms with Crippen molar-refractivity contribution < 1.29 is 9.26 Å². The van der Waals surface area contributed by atoms with Gasteiger partial charge in [-0.25, -0.2) is 0 Å². The van der Waals surface area contributed by atoms with Gasteiger partial charge in [-0.15, -0.1) is 18.3 Å². The number of hydrogen-bond donors (Lipinski definition) is 1. The van der Waals surface area contributed by atoms with Crippen molar-refractivity contribution in [1.29, 1.82) is 0 Å². The number of nitrogens with one attached hydrogen (secondary N) is 1. The Morgan fingerprint density at radius 3 is 3.27 bits per heavy atom. The number of aromatic nitrogens is 1. The van der Waals surface area contributed by atoms with Crippen LogP contribution in [0.5, 0.6) is 5.88 Å². The molecule has 0 saturated carbocycles. The fourth-order valence-electron chi connectivity index (χ4n) is 1.40. The Hall–Kier alpha value is -1.18. The van der Waals surface area contributed by atoms with Gasteiger partial charge in [0.25, 0.3) is 5.88 Å². The predicted octanol–water partition coefficient (Wildman–Crippen LogP) is 1.14. The predicted molar refractivity (Wildman–Crippen MR) is 58.1 cm³/mol. The summed E-state index contributed by atoms with van der Waals surface area (Å²) in [5.41, 5.74) is 1.04. The largest absolute Gasteiger partial charge is 0.462 e. The Labute approximate surface area is 94.8 Å². The normalized spacial score (nSPS) is 13.1. The minimum atomic E-state index is 0. The van der Waals surface area contributed by atoms with E-state index in [1.54, 1.807) is 6.92 Å². The summed E-state index contributed by atoms with van der Waals surface area (Å²) in [6, 6.07) is 0. The summed E-state index contributed by atoms with van der Waals surface area (Å²) in [5, 5.41) is 7.11. The molecule has 1 N–H and O–H groups in total. The second-order valence-electron chi connectivity index (χ2n) is 3.03. The summed E-state index contributed by atoms with van der Waals surface area (Å²) in [6.45, 7) is 3.86. The third-order valence-electron chi connectivity index (χ3n) is 2.12. The molecular weight excluding hydrogens is 216 g/mol. The number of halogens is 1. The SMILES string of the molecule is CC#CCOc1noc2c1CNCC2.Cl. The number of fused-ring (bicyclic) bond motifs is 1. The Kier molecular flexibility index (Phi) is 4.47. The minimum absolute atomic E-state index is 0. The van der Waals surface area contributed by atoms with E-state index >= 15 is 0 Å². The van der Waals surface area contributed by atoms with Crippen molar-refractivity contribution in [3.8, 4) is 17.7 Å². The Morgan fingerprint density at radius 1 is 1.60 bits per heavy atom. The molecule has 0 bridgehead atoms. The van der Waals surface area contributed by atoms with Crippen LogP contribution in [-0.4, -0.2) is 18.3 Å². The summed E-state index contributed by atoms with van der Waals surface area (Å²) in [6.07, 6.45) is 0.880. The van der Waals surface area contributed by atoms with Gasteiger partial charge in [0.1, 0.15) is 5.76 Å². The van der Waals surface area contributed by atoms with Gasteiger partial charge in [-0.3, -0.25) is 0 Å². The first kappa shape index (κ1) is 11.9. The molecule has 1 aromatic heterocycles. The van der Waals surface area contributed by atoms with Crippen molar-refractivity contribution >= 4 is 12.4 Å². The smallest absolute Gasteiger partial charge is 0.259 e. The molecule has 15 heavy (non-hydrogen) atoms. The topological polar surface area (TPSA) is 47.3 Å². The third kappa shape index (κ3) is 2.65. The maximum Gasteiger partial charge on any atom is 0.259 e. The molecule has 4 nitrogen and oxygen atoms in total. The number of nitrogens with zero attached hydrogens (tertiary/aromatic N) is 1. The van der Waals surface area contributed by atoms with Gasteiger partial charge in [0.15, 0.2) is 6.61 Å². The standard InChI is InChI=1S/C10H12N2O2.ClH/c1-2-3-6-13-10-8-7-11-5-4-9(8)14-12-10;/h11H,4-7H2,1H3;1H. The maximum absolute atomic E-state index is 5.37. The summed E-state index contributed by atoms with van der Waals surface area (Å²) >= 11 is 0. The van der Waals surface area contributed by atoms with E-state index in [-0.39, 0.29) is 12.4 Å². The highest BCUT2D eigenvalue weighted by molar-refractivity contribution is 5.85. The maximum atomic E-state index is 5.37.